The van der Waals surface area contributed by atoms with Crippen molar-refractivity contribution in [3.05, 3.63) is 82.3 Å². The summed E-state index contributed by atoms with van der Waals surface area (Å²) < 4.78 is 1.34. The summed E-state index contributed by atoms with van der Waals surface area (Å²) in [5.41, 5.74) is 8.56. The Bertz CT molecular complexity index is 1060. The molecule has 142 valence electrons. The fourth-order valence-corrected chi connectivity index (χ4v) is 3.76. The number of fused-ring (bicyclic) bond motifs is 1. The number of carbonyl (C=O) groups is 1. The first-order chi connectivity index (χ1) is 13.6. The van der Waals surface area contributed by atoms with Gasteiger partial charge in [0, 0.05) is 5.56 Å². The highest BCUT2D eigenvalue weighted by atomic mass is 16.2. The molecule has 2 aromatic carbocycles. The molecule has 0 spiro atoms. The fraction of sp³-hybridized carbons (Fsp3) is 0.227. The minimum absolute atomic E-state index is 0.0236. The van der Waals surface area contributed by atoms with Gasteiger partial charge in [-0.05, 0) is 30.4 Å². The summed E-state index contributed by atoms with van der Waals surface area (Å²) in [4.78, 5) is 29.7. The molecule has 6 nitrogen and oxygen atoms in total. The normalized spacial score (nSPS) is 15.6. The highest BCUT2D eigenvalue weighted by Gasteiger charge is 2.22. The number of nitrogen functional groups attached to an aromatic ring is 1. The smallest absolute Gasteiger partial charge is 0.277 e. The van der Waals surface area contributed by atoms with E-state index in [-0.39, 0.29) is 24.2 Å². The maximum absolute atomic E-state index is 12.8. The Morgan fingerprint density at radius 2 is 1.89 bits per heavy atom. The van der Waals surface area contributed by atoms with Gasteiger partial charge in [-0.1, -0.05) is 54.6 Å². The second-order valence-electron chi connectivity index (χ2n) is 7.01. The largest absolute Gasteiger partial charge is 0.393 e. The molecule has 0 saturated heterocycles. The molecule has 1 aliphatic carbocycles. The summed E-state index contributed by atoms with van der Waals surface area (Å²) in [5.74, 6) is 0.201. The lowest BCUT2D eigenvalue weighted by atomic mass is 9.88. The molecule has 0 aliphatic heterocycles. The van der Waals surface area contributed by atoms with Crippen molar-refractivity contribution in [3.8, 4) is 11.4 Å². The van der Waals surface area contributed by atoms with Crippen LogP contribution in [0.3, 0.4) is 0 Å². The Hall–Kier alpha value is -3.41. The van der Waals surface area contributed by atoms with E-state index in [1.165, 1.54) is 16.3 Å². The summed E-state index contributed by atoms with van der Waals surface area (Å²) >= 11 is 0. The summed E-state index contributed by atoms with van der Waals surface area (Å²) in [5, 5.41) is 3.08. The third-order valence-electron chi connectivity index (χ3n) is 5.11. The van der Waals surface area contributed by atoms with Gasteiger partial charge in [-0.15, -0.1) is 0 Å². The summed E-state index contributed by atoms with van der Waals surface area (Å²) in [6.45, 7) is -0.125. The van der Waals surface area contributed by atoms with E-state index in [1.807, 2.05) is 42.5 Å². The van der Waals surface area contributed by atoms with Crippen molar-refractivity contribution >= 4 is 11.6 Å². The third-order valence-corrected chi connectivity index (χ3v) is 5.11. The van der Waals surface area contributed by atoms with Gasteiger partial charge in [0.15, 0.2) is 0 Å². The number of amides is 1. The lowest BCUT2D eigenvalue weighted by Gasteiger charge is -2.26. The number of aromatic nitrogens is 2. The number of hydrogen-bond acceptors (Lipinski definition) is 4. The monoisotopic (exact) mass is 374 g/mol. The van der Waals surface area contributed by atoms with Gasteiger partial charge in [-0.3, -0.25) is 14.2 Å². The first-order valence-electron chi connectivity index (χ1n) is 9.41. The standard InChI is InChI=1S/C22H22N4O2/c23-18-13-24-21(16-8-2-1-3-9-16)26(22(18)28)14-20(27)25-19-12-6-10-15-7-4-5-11-17(15)19/h1-5,7-9,11,13,19H,6,10,12,14,23H2,(H,25,27)/t19-/m1/s1. The Kier molecular flexibility index (Phi) is 4.93. The summed E-state index contributed by atoms with van der Waals surface area (Å²) in [6, 6.07) is 17.4. The Morgan fingerprint density at radius 3 is 2.71 bits per heavy atom. The van der Waals surface area contributed by atoms with Gasteiger partial charge in [0.25, 0.3) is 5.56 Å². The van der Waals surface area contributed by atoms with Crippen molar-refractivity contribution < 1.29 is 4.79 Å². The van der Waals surface area contributed by atoms with Gasteiger partial charge in [0.05, 0.1) is 12.2 Å². The van der Waals surface area contributed by atoms with Gasteiger partial charge in [0.2, 0.25) is 5.91 Å². The molecule has 1 heterocycles. The van der Waals surface area contributed by atoms with E-state index >= 15 is 0 Å². The number of benzene rings is 2. The number of carbonyl (C=O) groups excluding carboxylic acids is 1. The predicted molar refractivity (Wildman–Crippen MR) is 109 cm³/mol. The average molecular weight is 374 g/mol. The van der Waals surface area contributed by atoms with Crippen molar-refractivity contribution in [2.75, 3.05) is 5.73 Å². The lowest BCUT2D eigenvalue weighted by Crippen LogP contribution is -2.37. The highest BCUT2D eigenvalue weighted by Crippen LogP contribution is 2.29. The van der Waals surface area contributed by atoms with Gasteiger partial charge < -0.3 is 11.1 Å². The minimum Gasteiger partial charge on any atom is -0.393 e. The van der Waals surface area contributed by atoms with E-state index in [2.05, 4.69) is 22.4 Å². The van der Waals surface area contributed by atoms with Crippen LogP contribution in [0.15, 0.2) is 65.6 Å². The fourth-order valence-electron chi connectivity index (χ4n) is 3.76. The van der Waals surface area contributed by atoms with Crippen molar-refractivity contribution in [2.24, 2.45) is 0 Å². The van der Waals surface area contributed by atoms with E-state index in [4.69, 9.17) is 5.73 Å². The molecule has 0 bridgehead atoms. The quantitative estimate of drug-likeness (QED) is 0.735. The topological polar surface area (TPSA) is 90.0 Å². The first-order valence-corrected chi connectivity index (χ1v) is 9.41. The Labute approximate surface area is 163 Å². The second kappa shape index (κ2) is 7.68. The van der Waals surface area contributed by atoms with E-state index in [9.17, 15) is 9.59 Å². The Morgan fingerprint density at radius 1 is 1.14 bits per heavy atom. The first kappa shape index (κ1) is 18.0. The van der Waals surface area contributed by atoms with Gasteiger partial charge >= 0.3 is 0 Å². The zero-order valence-electron chi connectivity index (χ0n) is 15.5. The molecule has 0 unspecified atom stereocenters. The van der Waals surface area contributed by atoms with Crippen molar-refractivity contribution in [1.29, 1.82) is 0 Å². The third kappa shape index (κ3) is 3.53. The minimum atomic E-state index is -0.409. The number of rotatable bonds is 4. The molecular weight excluding hydrogens is 352 g/mol. The number of anilines is 1. The van der Waals surface area contributed by atoms with Gasteiger partial charge in [-0.2, -0.15) is 0 Å². The molecule has 6 heteroatoms. The maximum atomic E-state index is 12.8. The number of nitrogens with zero attached hydrogens (tertiary/aromatic N) is 2. The molecule has 3 N–H and O–H groups in total. The van der Waals surface area contributed by atoms with Gasteiger partial charge in [-0.25, -0.2) is 4.98 Å². The van der Waals surface area contributed by atoms with Crippen LogP contribution in [-0.2, 0) is 17.8 Å². The van der Waals surface area contributed by atoms with Crippen LogP contribution in [-0.4, -0.2) is 15.5 Å². The number of hydrogen-bond donors (Lipinski definition) is 2. The van der Waals surface area contributed by atoms with Crippen molar-refractivity contribution in [3.63, 3.8) is 0 Å². The lowest BCUT2D eigenvalue weighted by molar-refractivity contribution is -0.122. The molecular formula is C22H22N4O2. The van der Waals surface area contributed by atoms with E-state index in [0.29, 0.717) is 5.82 Å². The molecule has 0 saturated carbocycles. The van der Waals surface area contributed by atoms with Crippen LogP contribution in [0.4, 0.5) is 5.69 Å². The molecule has 3 aromatic rings. The number of nitrogens with one attached hydrogen (secondary N) is 1. The van der Waals surface area contributed by atoms with Crippen molar-refractivity contribution in [2.45, 2.75) is 31.8 Å². The average Bonchev–Trinajstić information content (AvgIpc) is 2.72. The molecule has 1 atom stereocenters. The van der Waals surface area contributed by atoms with Crippen LogP contribution in [0.1, 0.15) is 30.0 Å². The van der Waals surface area contributed by atoms with Crippen LogP contribution in [0.25, 0.3) is 11.4 Å². The van der Waals surface area contributed by atoms with Crippen LogP contribution >= 0.6 is 0 Å². The highest BCUT2D eigenvalue weighted by molar-refractivity contribution is 5.77. The van der Waals surface area contributed by atoms with Crippen LogP contribution in [0.5, 0.6) is 0 Å². The van der Waals surface area contributed by atoms with Crippen LogP contribution in [0, 0.1) is 0 Å². The Balaban J connectivity index is 1.61. The van der Waals surface area contributed by atoms with E-state index < -0.39 is 5.56 Å². The maximum Gasteiger partial charge on any atom is 0.277 e. The molecule has 0 fully saturated rings. The molecule has 0 radical (unpaired) electrons. The summed E-state index contributed by atoms with van der Waals surface area (Å²) in [7, 11) is 0. The summed E-state index contributed by atoms with van der Waals surface area (Å²) in [6.07, 6.45) is 4.28. The number of nitrogens with two attached hydrogens (primary N) is 1. The molecule has 28 heavy (non-hydrogen) atoms. The van der Waals surface area contributed by atoms with Crippen molar-refractivity contribution in [1.82, 2.24) is 14.9 Å². The zero-order chi connectivity index (χ0) is 19.5. The van der Waals surface area contributed by atoms with Crippen LogP contribution < -0.4 is 16.6 Å². The molecule has 1 aliphatic rings. The van der Waals surface area contributed by atoms with E-state index in [1.54, 1.807) is 0 Å². The van der Waals surface area contributed by atoms with Crippen LogP contribution in [0.2, 0.25) is 0 Å². The SMILES string of the molecule is Nc1cnc(-c2ccccc2)n(CC(=O)N[C@@H]2CCCc3ccccc32)c1=O. The second-order valence-corrected chi connectivity index (χ2v) is 7.01. The predicted octanol–water partition coefficient (Wildman–Crippen LogP) is 2.69. The van der Waals surface area contributed by atoms with Gasteiger partial charge in [0.1, 0.15) is 18.1 Å². The van der Waals surface area contributed by atoms with E-state index in [0.717, 1.165) is 30.4 Å². The number of aryl methyl sites for hydroxylation is 1. The molecule has 1 amide bonds. The zero-order valence-corrected chi connectivity index (χ0v) is 15.5. The molecule has 1 aromatic heterocycles. The molecule has 4 rings (SSSR count).